The Morgan fingerprint density at radius 3 is 2.12 bits per heavy atom. The van der Waals surface area contributed by atoms with Crippen LogP contribution in [0.2, 0.25) is 0 Å². The Morgan fingerprint density at radius 2 is 1.54 bits per heavy atom. The highest BCUT2D eigenvalue weighted by Crippen LogP contribution is 2.39. The molecule has 0 unspecified atom stereocenters. The van der Waals surface area contributed by atoms with E-state index in [0.29, 0.717) is 0 Å². The van der Waals surface area contributed by atoms with Gasteiger partial charge >= 0.3 is 0 Å². The van der Waals surface area contributed by atoms with Gasteiger partial charge in [-0.25, -0.2) is 0 Å². The third kappa shape index (κ3) is 6.65. The number of thiophene rings is 2. The zero-order chi connectivity index (χ0) is 17.2. The second-order valence-corrected chi connectivity index (χ2v) is 10.1. The second kappa shape index (κ2) is 11.5. The van der Waals surface area contributed by atoms with E-state index in [1.807, 2.05) is 22.7 Å². The molecule has 2 rings (SSSR count). The standard InChI is InChI=1S/C21H31BrS2/c1-3-4-5-6-7-8-9-10-11-12-13-18-14-15-23-20(18)19-16-17(2)21(22)24-19/h14-16H,3-13H2,1-2H3. The fraction of sp³-hybridized carbons (Fsp3) is 0.619. The molecule has 0 N–H and O–H groups in total. The minimum absolute atomic E-state index is 1.24. The van der Waals surface area contributed by atoms with Gasteiger partial charge in [-0.05, 0) is 64.3 Å². The number of unbranched alkanes of at least 4 members (excludes halogenated alkanes) is 9. The van der Waals surface area contributed by atoms with Gasteiger partial charge in [-0.2, -0.15) is 0 Å². The van der Waals surface area contributed by atoms with Crippen LogP contribution in [-0.2, 0) is 6.42 Å². The summed E-state index contributed by atoms with van der Waals surface area (Å²) in [7, 11) is 0. The maximum absolute atomic E-state index is 3.66. The molecule has 2 aromatic rings. The Kier molecular flexibility index (Phi) is 9.67. The highest BCUT2D eigenvalue weighted by atomic mass is 79.9. The van der Waals surface area contributed by atoms with E-state index in [0.717, 1.165) is 0 Å². The van der Waals surface area contributed by atoms with Crippen molar-refractivity contribution in [1.29, 1.82) is 0 Å². The van der Waals surface area contributed by atoms with Crippen molar-refractivity contribution in [2.75, 3.05) is 0 Å². The molecule has 134 valence electrons. The van der Waals surface area contributed by atoms with Crippen LogP contribution in [0, 0.1) is 6.92 Å². The predicted molar refractivity (Wildman–Crippen MR) is 116 cm³/mol. The molecule has 0 amide bonds. The highest BCUT2D eigenvalue weighted by Gasteiger charge is 2.11. The molecule has 0 fully saturated rings. The van der Waals surface area contributed by atoms with Crippen molar-refractivity contribution in [3.05, 3.63) is 32.4 Å². The van der Waals surface area contributed by atoms with Crippen molar-refractivity contribution in [3.63, 3.8) is 0 Å². The maximum atomic E-state index is 3.66. The van der Waals surface area contributed by atoms with Gasteiger partial charge in [-0.3, -0.25) is 0 Å². The molecule has 2 aromatic heterocycles. The first-order valence-electron chi connectivity index (χ1n) is 9.55. The summed E-state index contributed by atoms with van der Waals surface area (Å²) in [6, 6.07) is 4.65. The molecule has 0 atom stereocenters. The monoisotopic (exact) mass is 426 g/mol. The van der Waals surface area contributed by atoms with Crippen LogP contribution >= 0.6 is 38.6 Å². The summed E-state index contributed by atoms with van der Waals surface area (Å²) in [4.78, 5) is 2.92. The van der Waals surface area contributed by atoms with Gasteiger partial charge < -0.3 is 0 Å². The molecule has 0 aromatic carbocycles. The molecular formula is C21H31BrS2. The molecule has 0 saturated heterocycles. The Labute approximate surface area is 164 Å². The summed E-state index contributed by atoms with van der Waals surface area (Å²) in [5, 5.41) is 2.25. The van der Waals surface area contributed by atoms with Crippen LogP contribution in [0.5, 0.6) is 0 Å². The Morgan fingerprint density at radius 1 is 0.917 bits per heavy atom. The zero-order valence-electron chi connectivity index (χ0n) is 15.2. The molecule has 0 aliphatic rings. The van der Waals surface area contributed by atoms with Crippen molar-refractivity contribution in [3.8, 4) is 9.75 Å². The Bertz CT molecular complexity index is 563. The normalized spacial score (nSPS) is 11.3. The molecule has 0 aliphatic carbocycles. The van der Waals surface area contributed by atoms with E-state index in [1.165, 1.54) is 89.7 Å². The molecule has 0 spiro atoms. The summed E-state index contributed by atoms with van der Waals surface area (Å²) in [6.07, 6.45) is 15.4. The summed E-state index contributed by atoms with van der Waals surface area (Å²) in [5.41, 5.74) is 2.90. The smallest absolute Gasteiger partial charge is 0.0734 e. The minimum atomic E-state index is 1.24. The van der Waals surface area contributed by atoms with E-state index < -0.39 is 0 Å². The molecule has 3 heteroatoms. The summed E-state index contributed by atoms with van der Waals surface area (Å²) in [5.74, 6) is 0. The van der Waals surface area contributed by atoms with Gasteiger partial charge in [-0.15, -0.1) is 22.7 Å². The van der Waals surface area contributed by atoms with Crippen LogP contribution in [0.4, 0.5) is 0 Å². The van der Waals surface area contributed by atoms with Crippen molar-refractivity contribution >= 4 is 38.6 Å². The summed E-state index contributed by atoms with van der Waals surface area (Å²) >= 11 is 7.42. The van der Waals surface area contributed by atoms with Crippen LogP contribution in [0.15, 0.2) is 21.3 Å². The first-order valence-corrected chi connectivity index (χ1v) is 12.0. The van der Waals surface area contributed by atoms with Gasteiger partial charge in [0.1, 0.15) is 0 Å². The summed E-state index contributed by atoms with van der Waals surface area (Å²) < 4.78 is 1.27. The SMILES string of the molecule is CCCCCCCCCCCCc1ccsc1-c1cc(C)c(Br)s1. The number of aryl methyl sites for hydroxylation is 2. The van der Waals surface area contributed by atoms with Crippen LogP contribution in [0.1, 0.15) is 82.3 Å². The molecule has 0 nitrogen and oxygen atoms in total. The molecule has 0 aliphatic heterocycles. The molecule has 2 heterocycles. The third-order valence-corrected chi connectivity index (χ3v) is 7.90. The maximum Gasteiger partial charge on any atom is 0.0734 e. The minimum Gasteiger partial charge on any atom is -0.143 e. The topological polar surface area (TPSA) is 0 Å². The number of halogens is 1. The predicted octanol–water partition coefficient (Wildman–Crippen LogP) is 9.01. The van der Waals surface area contributed by atoms with Crippen LogP contribution < -0.4 is 0 Å². The molecule has 0 radical (unpaired) electrons. The van der Waals surface area contributed by atoms with Gasteiger partial charge in [-0.1, -0.05) is 64.7 Å². The van der Waals surface area contributed by atoms with E-state index >= 15 is 0 Å². The number of hydrogen-bond donors (Lipinski definition) is 0. The van der Waals surface area contributed by atoms with Gasteiger partial charge in [0.05, 0.1) is 3.79 Å². The second-order valence-electron chi connectivity index (χ2n) is 6.77. The Balaban J connectivity index is 1.63. The van der Waals surface area contributed by atoms with Crippen molar-refractivity contribution in [1.82, 2.24) is 0 Å². The lowest BCUT2D eigenvalue weighted by molar-refractivity contribution is 0.556. The molecule has 24 heavy (non-hydrogen) atoms. The van der Waals surface area contributed by atoms with Crippen LogP contribution in [0.25, 0.3) is 9.75 Å². The Hall–Kier alpha value is -0.120. The fourth-order valence-corrected chi connectivity index (χ4v) is 5.77. The van der Waals surface area contributed by atoms with Gasteiger partial charge in [0.25, 0.3) is 0 Å². The molecule has 0 saturated carbocycles. The fourth-order valence-electron chi connectivity index (χ4n) is 3.12. The van der Waals surface area contributed by atoms with Gasteiger partial charge in [0, 0.05) is 9.75 Å². The lowest BCUT2D eigenvalue weighted by Gasteiger charge is -2.04. The van der Waals surface area contributed by atoms with E-state index in [-0.39, 0.29) is 0 Å². The number of hydrogen-bond acceptors (Lipinski definition) is 2. The van der Waals surface area contributed by atoms with E-state index in [1.54, 1.807) is 5.56 Å². The van der Waals surface area contributed by atoms with Crippen molar-refractivity contribution in [2.24, 2.45) is 0 Å². The summed E-state index contributed by atoms with van der Waals surface area (Å²) in [6.45, 7) is 4.47. The first-order chi connectivity index (χ1) is 11.7. The van der Waals surface area contributed by atoms with Crippen LogP contribution in [-0.4, -0.2) is 0 Å². The van der Waals surface area contributed by atoms with Crippen molar-refractivity contribution < 1.29 is 0 Å². The lowest BCUT2D eigenvalue weighted by atomic mass is 10.0. The molecule has 0 bridgehead atoms. The number of rotatable bonds is 12. The van der Waals surface area contributed by atoms with E-state index in [4.69, 9.17) is 0 Å². The first kappa shape index (κ1) is 20.2. The third-order valence-electron chi connectivity index (χ3n) is 4.63. The average molecular weight is 428 g/mol. The van der Waals surface area contributed by atoms with Crippen LogP contribution in [0.3, 0.4) is 0 Å². The van der Waals surface area contributed by atoms with Crippen molar-refractivity contribution in [2.45, 2.75) is 84.5 Å². The van der Waals surface area contributed by atoms with Gasteiger partial charge in [0.15, 0.2) is 0 Å². The van der Waals surface area contributed by atoms with E-state index in [9.17, 15) is 0 Å². The average Bonchev–Trinajstić information content (AvgIpc) is 3.16. The largest absolute Gasteiger partial charge is 0.143 e. The van der Waals surface area contributed by atoms with Gasteiger partial charge in [0.2, 0.25) is 0 Å². The van der Waals surface area contributed by atoms with E-state index in [2.05, 4.69) is 47.3 Å². The highest BCUT2D eigenvalue weighted by molar-refractivity contribution is 9.11. The zero-order valence-corrected chi connectivity index (χ0v) is 18.4. The molecular weight excluding hydrogens is 396 g/mol. The quantitative estimate of drug-likeness (QED) is 0.296. The lowest BCUT2D eigenvalue weighted by Crippen LogP contribution is -1.86.